The van der Waals surface area contributed by atoms with Gasteiger partial charge in [0.25, 0.3) is 0 Å². The van der Waals surface area contributed by atoms with Crippen LogP contribution in [0.3, 0.4) is 0 Å². The van der Waals surface area contributed by atoms with E-state index in [-0.39, 0.29) is 5.41 Å². The van der Waals surface area contributed by atoms with Crippen molar-refractivity contribution in [2.24, 2.45) is 5.41 Å². The Labute approximate surface area is 116 Å². The van der Waals surface area contributed by atoms with E-state index in [0.717, 1.165) is 45.2 Å². The number of methoxy groups -OCH3 is 1. The van der Waals surface area contributed by atoms with Crippen molar-refractivity contribution in [1.82, 2.24) is 10.2 Å². The number of piperidine rings is 1. The van der Waals surface area contributed by atoms with E-state index in [1.165, 1.54) is 0 Å². The Morgan fingerprint density at radius 3 is 2.63 bits per heavy atom. The van der Waals surface area contributed by atoms with Crippen LogP contribution in [0, 0.1) is 5.41 Å². The number of hydrogen-bond acceptors (Lipinski definition) is 3. The Kier molecular flexibility index (Phi) is 4.85. The normalized spacial score (nSPS) is 30.6. The van der Waals surface area contributed by atoms with E-state index in [1.807, 2.05) is 0 Å². The summed E-state index contributed by atoms with van der Waals surface area (Å²) in [6.45, 7) is 6.79. The molecule has 19 heavy (non-hydrogen) atoms. The van der Waals surface area contributed by atoms with E-state index >= 15 is 0 Å². The molecule has 2 aliphatic rings. The maximum Gasteiger partial charge on any atom is 0.231 e. The fraction of sp³-hybridized carbons (Fsp3) is 0.933. The van der Waals surface area contributed by atoms with Gasteiger partial charge < -0.3 is 15.0 Å². The Balaban J connectivity index is 2.18. The van der Waals surface area contributed by atoms with Crippen LogP contribution in [0.15, 0.2) is 0 Å². The standard InChI is InChI=1S/C15H28N2O2/c1-4-13-6-5-12(2)17(13)14(18)15(11-19-3)7-9-16-10-8-15/h12-13,16H,4-11H2,1-3H3. The van der Waals surface area contributed by atoms with Crippen molar-refractivity contribution in [2.75, 3.05) is 26.8 Å². The van der Waals surface area contributed by atoms with Crippen molar-refractivity contribution in [3.8, 4) is 0 Å². The second-order valence-electron chi connectivity index (χ2n) is 6.16. The summed E-state index contributed by atoms with van der Waals surface area (Å²) in [5.41, 5.74) is -0.286. The maximum atomic E-state index is 13.1. The minimum atomic E-state index is -0.286. The lowest BCUT2D eigenvalue weighted by Crippen LogP contribution is -2.54. The van der Waals surface area contributed by atoms with Gasteiger partial charge in [0.1, 0.15) is 0 Å². The summed E-state index contributed by atoms with van der Waals surface area (Å²) >= 11 is 0. The molecule has 1 N–H and O–H groups in total. The van der Waals surface area contributed by atoms with Crippen molar-refractivity contribution >= 4 is 5.91 Å². The minimum absolute atomic E-state index is 0.286. The molecule has 2 rings (SSSR count). The molecule has 0 radical (unpaired) electrons. The van der Waals surface area contributed by atoms with E-state index in [9.17, 15) is 4.79 Å². The van der Waals surface area contributed by atoms with Crippen LogP contribution in [0.2, 0.25) is 0 Å². The Morgan fingerprint density at radius 1 is 1.37 bits per heavy atom. The molecule has 4 heteroatoms. The molecule has 4 nitrogen and oxygen atoms in total. The first kappa shape index (κ1) is 14.8. The molecule has 110 valence electrons. The molecule has 0 aliphatic carbocycles. The molecule has 1 amide bonds. The van der Waals surface area contributed by atoms with E-state index < -0.39 is 0 Å². The van der Waals surface area contributed by atoms with Gasteiger partial charge in [-0.25, -0.2) is 0 Å². The molecule has 0 aromatic carbocycles. The predicted octanol–water partition coefficient (Wildman–Crippen LogP) is 1.79. The summed E-state index contributed by atoms with van der Waals surface area (Å²) in [5.74, 6) is 0.340. The van der Waals surface area contributed by atoms with Crippen LogP contribution in [-0.4, -0.2) is 49.7 Å². The van der Waals surface area contributed by atoms with Crippen LogP contribution in [0.1, 0.15) is 46.0 Å². The molecule has 0 spiro atoms. The first-order chi connectivity index (χ1) is 9.14. The molecule has 2 heterocycles. The molecular formula is C15H28N2O2. The first-order valence-corrected chi connectivity index (χ1v) is 7.67. The lowest BCUT2D eigenvalue weighted by molar-refractivity contribution is -0.150. The summed E-state index contributed by atoms with van der Waals surface area (Å²) in [6, 6.07) is 0.826. The number of amides is 1. The summed E-state index contributed by atoms with van der Waals surface area (Å²) in [4.78, 5) is 15.3. The SMILES string of the molecule is CCC1CCC(C)N1C(=O)C1(COC)CCNCC1. The molecule has 2 saturated heterocycles. The third-order valence-corrected chi connectivity index (χ3v) is 4.93. The van der Waals surface area contributed by atoms with Crippen molar-refractivity contribution in [1.29, 1.82) is 0 Å². The summed E-state index contributed by atoms with van der Waals surface area (Å²) in [5, 5.41) is 3.35. The third-order valence-electron chi connectivity index (χ3n) is 4.93. The van der Waals surface area contributed by atoms with Crippen LogP contribution in [0.5, 0.6) is 0 Å². The molecule has 0 aromatic rings. The van der Waals surface area contributed by atoms with Gasteiger partial charge in [0.15, 0.2) is 0 Å². The maximum absolute atomic E-state index is 13.1. The predicted molar refractivity (Wildman–Crippen MR) is 76.0 cm³/mol. The topological polar surface area (TPSA) is 41.6 Å². The minimum Gasteiger partial charge on any atom is -0.384 e. The Morgan fingerprint density at radius 2 is 2.05 bits per heavy atom. The average molecular weight is 268 g/mol. The van der Waals surface area contributed by atoms with Gasteiger partial charge in [0, 0.05) is 19.2 Å². The highest BCUT2D eigenvalue weighted by Crippen LogP contribution is 2.37. The largest absolute Gasteiger partial charge is 0.384 e. The van der Waals surface area contributed by atoms with Gasteiger partial charge >= 0.3 is 0 Å². The van der Waals surface area contributed by atoms with Gasteiger partial charge in [0.05, 0.1) is 12.0 Å². The van der Waals surface area contributed by atoms with Gasteiger partial charge in [-0.15, -0.1) is 0 Å². The van der Waals surface area contributed by atoms with Crippen molar-refractivity contribution in [2.45, 2.75) is 58.0 Å². The van der Waals surface area contributed by atoms with E-state index in [1.54, 1.807) is 7.11 Å². The number of likely N-dealkylation sites (tertiary alicyclic amines) is 1. The number of hydrogen-bond donors (Lipinski definition) is 1. The van der Waals surface area contributed by atoms with Gasteiger partial charge in [-0.2, -0.15) is 0 Å². The zero-order valence-electron chi connectivity index (χ0n) is 12.6. The highest BCUT2D eigenvalue weighted by atomic mass is 16.5. The van der Waals surface area contributed by atoms with Crippen LogP contribution >= 0.6 is 0 Å². The third kappa shape index (κ3) is 2.79. The number of nitrogens with one attached hydrogen (secondary N) is 1. The lowest BCUT2D eigenvalue weighted by atomic mass is 9.78. The zero-order chi connectivity index (χ0) is 13.9. The van der Waals surface area contributed by atoms with Gasteiger partial charge in [-0.3, -0.25) is 4.79 Å². The summed E-state index contributed by atoms with van der Waals surface area (Å²) in [6.07, 6.45) is 5.17. The molecular weight excluding hydrogens is 240 g/mol. The molecule has 2 atom stereocenters. The second kappa shape index (κ2) is 6.23. The van der Waals surface area contributed by atoms with Gasteiger partial charge in [-0.05, 0) is 52.1 Å². The molecule has 0 saturated carbocycles. The monoisotopic (exact) mass is 268 g/mol. The van der Waals surface area contributed by atoms with E-state index in [0.29, 0.717) is 24.6 Å². The van der Waals surface area contributed by atoms with Crippen molar-refractivity contribution < 1.29 is 9.53 Å². The van der Waals surface area contributed by atoms with Crippen LogP contribution in [-0.2, 0) is 9.53 Å². The van der Waals surface area contributed by atoms with Gasteiger partial charge in [-0.1, -0.05) is 6.92 Å². The Bertz CT molecular complexity index is 308. The van der Waals surface area contributed by atoms with Crippen LogP contribution < -0.4 is 5.32 Å². The number of nitrogens with zero attached hydrogens (tertiary/aromatic N) is 1. The summed E-state index contributed by atoms with van der Waals surface area (Å²) < 4.78 is 5.39. The van der Waals surface area contributed by atoms with Crippen LogP contribution in [0.4, 0.5) is 0 Å². The molecule has 2 aliphatic heterocycles. The molecule has 0 bridgehead atoms. The molecule has 0 aromatic heterocycles. The number of carbonyl (C=O) groups excluding carboxylic acids is 1. The average Bonchev–Trinajstić information content (AvgIpc) is 2.80. The number of ether oxygens (including phenoxy) is 1. The number of rotatable bonds is 4. The zero-order valence-corrected chi connectivity index (χ0v) is 12.6. The lowest BCUT2D eigenvalue weighted by Gasteiger charge is -2.41. The first-order valence-electron chi connectivity index (χ1n) is 7.67. The molecule has 2 fully saturated rings. The van der Waals surface area contributed by atoms with Crippen LogP contribution in [0.25, 0.3) is 0 Å². The van der Waals surface area contributed by atoms with Crippen molar-refractivity contribution in [3.05, 3.63) is 0 Å². The fourth-order valence-corrected chi connectivity index (χ4v) is 3.71. The Hall–Kier alpha value is -0.610. The smallest absolute Gasteiger partial charge is 0.231 e. The van der Waals surface area contributed by atoms with Crippen molar-refractivity contribution in [3.63, 3.8) is 0 Å². The van der Waals surface area contributed by atoms with E-state index in [2.05, 4.69) is 24.1 Å². The molecule has 2 unspecified atom stereocenters. The second-order valence-corrected chi connectivity index (χ2v) is 6.16. The highest BCUT2D eigenvalue weighted by Gasteiger charge is 2.46. The highest BCUT2D eigenvalue weighted by molar-refractivity contribution is 5.84. The summed E-state index contributed by atoms with van der Waals surface area (Å²) in [7, 11) is 1.71. The quantitative estimate of drug-likeness (QED) is 0.845. The number of carbonyl (C=O) groups is 1. The van der Waals surface area contributed by atoms with E-state index in [4.69, 9.17) is 4.74 Å². The van der Waals surface area contributed by atoms with Gasteiger partial charge in [0.2, 0.25) is 5.91 Å². The fourth-order valence-electron chi connectivity index (χ4n) is 3.71.